The van der Waals surface area contributed by atoms with Crippen molar-refractivity contribution in [2.75, 3.05) is 13.1 Å². The highest BCUT2D eigenvalue weighted by Gasteiger charge is 2.24. The Balaban J connectivity index is 2.27. The maximum atomic E-state index is 11.7. The fraction of sp³-hybridized carbons (Fsp3) is 0.917. The standard InChI is InChI=1S/C12H23NO/c1-3-5-6-11-7-9-13(8-4-2)12(14)10-11/h11H,3-10H2,1-2H3. The van der Waals surface area contributed by atoms with Gasteiger partial charge in [-0.3, -0.25) is 4.79 Å². The third-order valence-corrected chi connectivity index (χ3v) is 3.08. The predicted molar refractivity (Wildman–Crippen MR) is 59.1 cm³/mol. The average molecular weight is 197 g/mol. The van der Waals surface area contributed by atoms with Crippen LogP contribution in [-0.2, 0) is 4.79 Å². The smallest absolute Gasteiger partial charge is 0.222 e. The van der Waals surface area contributed by atoms with E-state index in [0.29, 0.717) is 11.8 Å². The van der Waals surface area contributed by atoms with Crippen molar-refractivity contribution in [1.29, 1.82) is 0 Å². The Hall–Kier alpha value is -0.530. The van der Waals surface area contributed by atoms with Crippen LogP contribution < -0.4 is 0 Å². The van der Waals surface area contributed by atoms with Crippen molar-refractivity contribution in [3.05, 3.63) is 0 Å². The molecule has 1 unspecified atom stereocenters. The average Bonchev–Trinajstić information content (AvgIpc) is 2.19. The second-order valence-corrected chi connectivity index (χ2v) is 4.38. The molecule has 2 heteroatoms. The van der Waals surface area contributed by atoms with Crippen LogP contribution in [0.4, 0.5) is 0 Å². The SMILES string of the molecule is CCCCC1CCN(CCC)C(=O)C1. The molecule has 0 spiro atoms. The lowest BCUT2D eigenvalue weighted by Gasteiger charge is -2.31. The summed E-state index contributed by atoms with van der Waals surface area (Å²) in [6.07, 6.45) is 6.91. The molecule has 1 heterocycles. The predicted octanol–water partition coefficient (Wildman–Crippen LogP) is 2.83. The number of unbranched alkanes of at least 4 members (excludes halogenated alkanes) is 1. The second kappa shape index (κ2) is 6.05. The highest BCUT2D eigenvalue weighted by Crippen LogP contribution is 2.23. The van der Waals surface area contributed by atoms with Gasteiger partial charge in [0.2, 0.25) is 5.91 Å². The van der Waals surface area contributed by atoms with Gasteiger partial charge >= 0.3 is 0 Å². The van der Waals surface area contributed by atoms with E-state index >= 15 is 0 Å². The number of likely N-dealkylation sites (tertiary alicyclic amines) is 1. The van der Waals surface area contributed by atoms with E-state index in [1.54, 1.807) is 0 Å². The van der Waals surface area contributed by atoms with Gasteiger partial charge in [0.1, 0.15) is 0 Å². The highest BCUT2D eigenvalue weighted by atomic mass is 16.2. The minimum Gasteiger partial charge on any atom is -0.343 e. The van der Waals surface area contributed by atoms with Gasteiger partial charge in [-0.05, 0) is 25.2 Å². The quantitative estimate of drug-likeness (QED) is 0.663. The number of carbonyl (C=O) groups is 1. The van der Waals surface area contributed by atoms with Gasteiger partial charge in [0.15, 0.2) is 0 Å². The fourth-order valence-corrected chi connectivity index (χ4v) is 2.19. The fourth-order valence-electron chi connectivity index (χ4n) is 2.19. The molecule has 1 rings (SSSR count). The molecule has 0 radical (unpaired) electrons. The van der Waals surface area contributed by atoms with Crippen LogP contribution in [0.2, 0.25) is 0 Å². The van der Waals surface area contributed by atoms with Gasteiger partial charge in [0, 0.05) is 19.5 Å². The summed E-state index contributed by atoms with van der Waals surface area (Å²) < 4.78 is 0. The molecule has 1 aliphatic heterocycles. The largest absolute Gasteiger partial charge is 0.343 e. The van der Waals surface area contributed by atoms with E-state index < -0.39 is 0 Å². The monoisotopic (exact) mass is 197 g/mol. The Morgan fingerprint density at radius 2 is 2.14 bits per heavy atom. The second-order valence-electron chi connectivity index (χ2n) is 4.38. The molecule has 1 atom stereocenters. The lowest BCUT2D eigenvalue weighted by molar-refractivity contribution is -0.135. The molecule has 0 aromatic rings. The number of amides is 1. The van der Waals surface area contributed by atoms with Crippen molar-refractivity contribution in [1.82, 2.24) is 4.90 Å². The van der Waals surface area contributed by atoms with Crippen molar-refractivity contribution in [2.45, 2.75) is 52.4 Å². The maximum Gasteiger partial charge on any atom is 0.222 e. The molecule has 0 aromatic heterocycles. The molecule has 2 nitrogen and oxygen atoms in total. The first kappa shape index (κ1) is 11.5. The molecule has 0 saturated carbocycles. The summed E-state index contributed by atoms with van der Waals surface area (Å²) in [6, 6.07) is 0. The third kappa shape index (κ3) is 3.32. The van der Waals surface area contributed by atoms with Gasteiger partial charge in [0.25, 0.3) is 0 Å². The highest BCUT2D eigenvalue weighted by molar-refractivity contribution is 5.77. The van der Waals surface area contributed by atoms with Crippen molar-refractivity contribution >= 4 is 5.91 Å². The van der Waals surface area contributed by atoms with E-state index in [1.807, 2.05) is 4.90 Å². The molecule has 0 bridgehead atoms. The van der Waals surface area contributed by atoms with E-state index in [9.17, 15) is 4.79 Å². The zero-order valence-corrected chi connectivity index (χ0v) is 9.59. The van der Waals surface area contributed by atoms with E-state index in [4.69, 9.17) is 0 Å². The van der Waals surface area contributed by atoms with Crippen molar-refractivity contribution < 1.29 is 4.79 Å². The van der Waals surface area contributed by atoms with Crippen LogP contribution in [0.25, 0.3) is 0 Å². The molecule has 0 N–H and O–H groups in total. The number of hydrogen-bond acceptors (Lipinski definition) is 1. The Kier molecular flexibility index (Phi) is 4.99. The van der Waals surface area contributed by atoms with E-state index in [-0.39, 0.29) is 0 Å². The maximum absolute atomic E-state index is 11.7. The molecular formula is C12H23NO. The van der Waals surface area contributed by atoms with Crippen LogP contribution in [0.1, 0.15) is 52.4 Å². The van der Waals surface area contributed by atoms with Crippen LogP contribution in [0.5, 0.6) is 0 Å². The Labute approximate surface area is 87.7 Å². The summed E-state index contributed by atoms with van der Waals surface area (Å²) in [4.78, 5) is 13.7. The molecule has 0 aromatic carbocycles. The molecule has 1 fully saturated rings. The Morgan fingerprint density at radius 1 is 1.36 bits per heavy atom. The molecular weight excluding hydrogens is 174 g/mol. The number of nitrogens with zero attached hydrogens (tertiary/aromatic N) is 1. The summed E-state index contributed by atoms with van der Waals surface area (Å²) in [5.74, 6) is 1.06. The molecule has 1 amide bonds. The van der Waals surface area contributed by atoms with E-state index in [1.165, 1.54) is 25.7 Å². The van der Waals surface area contributed by atoms with Crippen molar-refractivity contribution in [3.8, 4) is 0 Å². The Morgan fingerprint density at radius 3 is 2.71 bits per heavy atom. The van der Waals surface area contributed by atoms with Crippen LogP contribution in [0.15, 0.2) is 0 Å². The lowest BCUT2D eigenvalue weighted by atomic mass is 9.91. The molecule has 82 valence electrons. The van der Waals surface area contributed by atoms with Crippen molar-refractivity contribution in [3.63, 3.8) is 0 Å². The van der Waals surface area contributed by atoms with Gasteiger partial charge in [0.05, 0.1) is 0 Å². The number of piperidine rings is 1. The summed E-state index contributed by atoms with van der Waals surface area (Å²) in [5, 5.41) is 0. The van der Waals surface area contributed by atoms with E-state index in [2.05, 4.69) is 13.8 Å². The van der Waals surface area contributed by atoms with Crippen LogP contribution in [-0.4, -0.2) is 23.9 Å². The summed E-state index contributed by atoms with van der Waals surface area (Å²) in [7, 11) is 0. The van der Waals surface area contributed by atoms with Gasteiger partial charge < -0.3 is 4.90 Å². The summed E-state index contributed by atoms with van der Waals surface area (Å²) in [5.41, 5.74) is 0. The summed E-state index contributed by atoms with van der Waals surface area (Å²) in [6.45, 7) is 6.31. The first-order valence-corrected chi connectivity index (χ1v) is 6.05. The van der Waals surface area contributed by atoms with Crippen molar-refractivity contribution in [2.24, 2.45) is 5.92 Å². The minimum absolute atomic E-state index is 0.388. The molecule has 1 aliphatic rings. The zero-order valence-electron chi connectivity index (χ0n) is 9.59. The third-order valence-electron chi connectivity index (χ3n) is 3.08. The number of carbonyl (C=O) groups excluding carboxylic acids is 1. The van der Waals surface area contributed by atoms with Gasteiger partial charge in [-0.1, -0.05) is 26.7 Å². The number of rotatable bonds is 5. The number of hydrogen-bond donors (Lipinski definition) is 0. The van der Waals surface area contributed by atoms with Gasteiger partial charge in [-0.2, -0.15) is 0 Å². The van der Waals surface area contributed by atoms with Crippen LogP contribution in [0, 0.1) is 5.92 Å². The Bertz CT molecular complexity index is 179. The molecule has 0 aliphatic carbocycles. The lowest BCUT2D eigenvalue weighted by Crippen LogP contribution is -2.39. The van der Waals surface area contributed by atoms with Gasteiger partial charge in [-0.25, -0.2) is 0 Å². The van der Waals surface area contributed by atoms with E-state index in [0.717, 1.165) is 25.9 Å². The first-order valence-electron chi connectivity index (χ1n) is 6.05. The van der Waals surface area contributed by atoms with Crippen LogP contribution >= 0.6 is 0 Å². The zero-order chi connectivity index (χ0) is 10.4. The first-order chi connectivity index (χ1) is 6.77. The van der Waals surface area contributed by atoms with Crippen LogP contribution in [0.3, 0.4) is 0 Å². The normalized spacial score (nSPS) is 22.9. The molecule has 14 heavy (non-hydrogen) atoms. The minimum atomic E-state index is 0.388. The topological polar surface area (TPSA) is 20.3 Å². The molecule has 1 saturated heterocycles. The van der Waals surface area contributed by atoms with Gasteiger partial charge in [-0.15, -0.1) is 0 Å². The summed E-state index contributed by atoms with van der Waals surface area (Å²) >= 11 is 0.